The van der Waals surface area contributed by atoms with Crippen LogP contribution in [0.3, 0.4) is 0 Å². The molecule has 0 aliphatic carbocycles. The predicted octanol–water partition coefficient (Wildman–Crippen LogP) is 2.16. The summed E-state index contributed by atoms with van der Waals surface area (Å²) in [5.74, 6) is -0.445. The van der Waals surface area contributed by atoms with Crippen LogP contribution in [0, 0.1) is 5.82 Å². The minimum Gasteiger partial charge on any atom is -0.421 e. The predicted molar refractivity (Wildman–Crippen MR) is 72.4 cm³/mol. The van der Waals surface area contributed by atoms with Crippen LogP contribution in [0.2, 0.25) is 0 Å². The molecular weight excluding hydrogens is 275 g/mol. The average molecular weight is 284 g/mol. The molecule has 1 aromatic carbocycles. The lowest BCUT2D eigenvalue weighted by atomic mass is 10.2. The number of ether oxygens (including phenoxy) is 1. The first-order valence-electron chi connectivity index (χ1n) is 6.03. The standard InChI is InChI=1S/C14H9FN4O2/c15-10-3-1-2-4-12(10)21-14-16-7-9(8-17-14)11-5-6-13(20)19-18-11/h1-8H,(H,19,20). The highest BCUT2D eigenvalue weighted by atomic mass is 19.1. The van der Waals surface area contributed by atoms with Crippen molar-refractivity contribution in [1.82, 2.24) is 20.2 Å². The van der Waals surface area contributed by atoms with Gasteiger partial charge in [0.05, 0.1) is 5.69 Å². The Balaban J connectivity index is 1.83. The number of halogens is 1. The van der Waals surface area contributed by atoms with E-state index in [4.69, 9.17) is 4.74 Å². The molecule has 6 nitrogen and oxygen atoms in total. The van der Waals surface area contributed by atoms with Crippen LogP contribution >= 0.6 is 0 Å². The molecule has 21 heavy (non-hydrogen) atoms. The number of benzene rings is 1. The summed E-state index contributed by atoms with van der Waals surface area (Å²) >= 11 is 0. The van der Waals surface area contributed by atoms with Crippen LogP contribution in [0.5, 0.6) is 11.8 Å². The zero-order valence-electron chi connectivity index (χ0n) is 10.7. The van der Waals surface area contributed by atoms with E-state index in [2.05, 4.69) is 20.2 Å². The largest absolute Gasteiger partial charge is 0.421 e. The lowest BCUT2D eigenvalue weighted by Gasteiger charge is -2.05. The smallest absolute Gasteiger partial charge is 0.322 e. The van der Waals surface area contributed by atoms with Crippen LogP contribution in [-0.2, 0) is 0 Å². The number of hydrogen-bond acceptors (Lipinski definition) is 5. The molecule has 0 atom stereocenters. The van der Waals surface area contributed by atoms with Crippen molar-refractivity contribution in [2.75, 3.05) is 0 Å². The van der Waals surface area contributed by atoms with E-state index < -0.39 is 5.82 Å². The third-order valence-electron chi connectivity index (χ3n) is 2.64. The van der Waals surface area contributed by atoms with Gasteiger partial charge in [-0.15, -0.1) is 0 Å². The highest BCUT2D eigenvalue weighted by Gasteiger charge is 2.07. The number of hydrogen-bond donors (Lipinski definition) is 1. The Bertz CT molecular complexity index is 797. The van der Waals surface area contributed by atoms with Crippen LogP contribution in [0.4, 0.5) is 4.39 Å². The van der Waals surface area contributed by atoms with E-state index in [-0.39, 0.29) is 17.3 Å². The number of aromatic amines is 1. The molecule has 0 saturated carbocycles. The molecule has 2 heterocycles. The highest BCUT2D eigenvalue weighted by molar-refractivity contribution is 5.55. The number of rotatable bonds is 3. The zero-order chi connectivity index (χ0) is 14.7. The molecule has 1 N–H and O–H groups in total. The summed E-state index contributed by atoms with van der Waals surface area (Å²) in [6, 6.07) is 8.91. The molecule has 0 aliphatic rings. The average Bonchev–Trinajstić information content (AvgIpc) is 2.51. The maximum atomic E-state index is 13.4. The first-order chi connectivity index (χ1) is 10.2. The Hall–Kier alpha value is -3.09. The maximum Gasteiger partial charge on any atom is 0.322 e. The van der Waals surface area contributed by atoms with E-state index in [1.807, 2.05) is 0 Å². The first kappa shape index (κ1) is 12.9. The molecule has 0 bridgehead atoms. The molecule has 0 fully saturated rings. The van der Waals surface area contributed by atoms with Gasteiger partial charge < -0.3 is 4.74 Å². The van der Waals surface area contributed by atoms with Gasteiger partial charge in [-0.05, 0) is 18.2 Å². The highest BCUT2D eigenvalue weighted by Crippen LogP contribution is 2.22. The van der Waals surface area contributed by atoms with Gasteiger partial charge in [-0.25, -0.2) is 19.5 Å². The monoisotopic (exact) mass is 284 g/mol. The second-order valence-electron chi connectivity index (χ2n) is 4.09. The summed E-state index contributed by atoms with van der Waals surface area (Å²) in [7, 11) is 0. The number of nitrogens with one attached hydrogen (secondary N) is 1. The van der Waals surface area contributed by atoms with Crippen LogP contribution in [0.15, 0.2) is 53.6 Å². The molecule has 0 spiro atoms. The Morgan fingerprint density at radius 3 is 2.48 bits per heavy atom. The third-order valence-corrected chi connectivity index (χ3v) is 2.64. The van der Waals surface area contributed by atoms with Gasteiger partial charge in [0.25, 0.3) is 5.56 Å². The molecule has 104 valence electrons. The normalized spacial score (nSPS) is 10.3. The minimum atomic E-state index is -0.493. The van der Waals surface area contributed by atoms with Gasteiger partial charge in [-0.2, -0.15) is 5.10 Å². The molecule has 0 amide bonds. The van der Waals surface area contributed by atoms with Crippen LogP contribution in [-0.4, -0.2) is 20.2 Å². The van der Waals surface area contributed by atoms with Crippen molar-refractivity contribution in [3.05, 3.63) is 65.0 Å². The lowest BCUT2D eigenvalue weighted by molar-refractivity contribution is 0.411. The lowest BCUT2D eigenvalue weighted by Crippen LogP contribution is -2.05. The second-order valence-corrected chi connectivity index (χ2v) is 4.09. The summed E-state index contributed by atoms with van der Waals surface area (Å²) in [5.41, 5.74) is 0.832. The van der Waals surface area contributed by atoms with Gasteiger partial charge >= 0.3 is 6.01 Å². The summed E-state index contributed by atoms with van der Waals surface area (Å²) in [6.07, 6.45) is 2.95. The van der Waals surface area contributed by atoms with Gasteiger partial charge in [0.2, 0.25) is 0 Å². The SMILES string of the molecule is O=c1ccc(-c2cnc(Oc3ccccc3F)nc2)n[nH]1. The number of para-hydroxylation sites is 1. The van der Waals surface area contributed by atoms with Gasteiger partial charge in [-0.3, -0.25) is 4.79 Å². The minimum absolute atomic E-state index is 0.0216. The summed E-state index contributed by atoms with van der Waals surface area (Å²) < 4.78 is 18.7. The van der Waals surface area contributed by atoms with E-state index >= 15 is 0 Å². The molecular formula is C14H9FN4O2. The van der Waals surface area contributed by atoms with Gasteiger partial charge in [-0.1, -0.05) is 12.1 Å². The topological polar surface area (TPSA) is 80.8 Å². The van der Waals surface area contributed by atoms with Crippen molar-refractivity contribution in [2.24, 2.45) is 0 Å². The van der Waals surface area contributed by atoms with Gasteiger partial charge in [0.1, 0.15) is 0 Å². The van der Waals surface area contributed by atoms with Crippen LogP contribution < -0.4 is 10.3 Å². The first-order valence-corrected chi connectivity index (χ1v) is 6.03. The Labute approximate surface area is 118 Å². The van der Waals surface area contributed by atoms with Crippen LogP contribution in [0.25, 0.3) is 11.3 Å². The molecule has 2 aromatic heterocycles. The van der Waals surface area contributed by atoms with Crippen molar-refractivity contribution in [2.45, 2.75) is 0 Å². The molecule has 0 aliphatic heterocycles. The van der Waals surface area contributed by atoms with Crippen LogP contribution in [0.1, 0.15) is 0 Å². The second kappa shape index (κ2) is 5.49. The summed E-state index contributed by atoms with van der Waals surface area (Å²) in [4.78, 5) is 18.9. The molecule has 0 unspecified atom stereocenters. The van der Waals surface area contributed by atoms with Gasteiger partial charge in [0, 0.05) is 24.0 Å². The van der Waals surface area contributed by atoms with Crippen molar-refractivity contribution in [1.29, 1.82) is 0 Å². The number of H-pyrrole nitrogens is 1. The van der Waals surface area contributed by atoms with Gasteiger partial charge in [0.15, 0.2) is 11.6 Å². The fraction of sp³-hybridized carbons (Fsp3) is 0. The van der Waals surface area contributed by atoms with Crippen molar-refractivity contribution in [3.63, 3.8) is 0 Å². The Morgan fingerprint density at radius 1 is 1.05 bits per heavy atom. The summed E-state index contributed by atoms with van der Waals surface area (Å²) in [5, 5.41) is 6.18. The molecule has 7 heteroatoms. The van der Waals surface area contributed by atoms with E-state index in [9.17, 15) is 9.18 Å². The zero-order valence-corrected chi connectivity index (χ0v) is 10.7. The van der Waals surface area contributed by atoms with E-state index in [1.165, 1.54) is 30.6 Å². The van der Waals surface area contributed by atoms with E-state index in [1.54, 1.807) is 18.2 Å². The number of nitrogens with zero attached hydrogens (tertiary/aromatic N) is 3. The summed E-state index contributed by atoms with van der Waals surface area (Å²) in [6.45, 7) is 0. The molecule has 0 radical (unpaired) electrons. The Kier molecular flexibility index (Phi) is 3.38. The van der Waals surface area contributed by atoms with E-state index in [0.717, 1.165) is 0 Å². The number of aromatic nitrogens is 4. The third kappa shape index (κ3) is 2.92. The Morgan fingerprint density at radius 2 is 1.81 bits per heavy atom. The van der Waals surface area contributed by atoms with Crippen molar-refractivity contribution in [3.8, 4) is 23.0 Å². The molecule has 3 aromatic rings. The quantitative estimate of drug-likeness (QED) is 0.797. The fourth-order valence-corrected chi connectivity index (χ4v) is 1.63. The van der Waals surface area contributed by atoms with Crippen molar-refractivity contribution < 1.29 is 9.13 Å². The van der Waals surface area contributed by atoms with Crippen molar-refractivity contribution >= 4 is 0 Å². The molecule has 0 saturated heterocycles. The maximum absolute atomic E-state index is 13.4. The van der Waals surface area contributed by atoms with E-state index in [0.29, 0.717) is 11.3 Å². The fourth-order valence-electron chi connectivity index (χ4n) is 1.63. The molecule has 3 rings (SSSR count).